The number of rotatable bonds is 1. The van der Waals surface area contributed by atoms with E-state index in [9.17, 15) is 0 Å². The monoisotopic (exact) mass is 164 g/mol. The van der Waals surface area contributed by atoms with Gasteiger partial charge in [0.25, 0.3) is 0 Å². The highest BCUT2D eigenvalue weighted by atomic mass is 16.5. The van der Waals surface area contributed by atoms with E-state index in [0.29, 0.717) is 11.7 Å². The van der Waals surface area contributed by atoms with Gasteiger partial charge in [-0.05, 0) is 24.1 Å². The van der Waals surface area contributed by atoms with Crippen LogP contribution in [0.1, 0.15) is 17.9 Å². The maximum atomic E-state index is 9.07. The summed E-state index contributed by atoms with van der Waals surface area (Å²) < 4.78 is 5.28. The van der Waals surface area contributed by atoms with E-state index in [1.807, 2.05) is 12.1 Å². The molecule has 12 heavy (non-hydrogen) atoms. The molecule has 0 aromatic heterocycles. The highest BCUT2D eigenvalue weighted by molar-refractivity contribution is 5.28. The molecular weight excluding hydrogens is 152 g/mol. The van der Waals surface area contributed by atoms with Crippen LogP contribution in [0.15, 0.2) is 24.3 Å². The zero-order valence-electron chi connectivity index (χ0n) is 6.86. The molecule has 0 radical (unpaired) electrons. The van der Waals surface area contributed by atoms with Gasteiger partial charge in [0.2, 0.25) is 0 Å². The molecule has 2 heteroatoms. The predicted octanol–water partition coefficient (Wildman–Crippen LogP) is 1.90. The number of hydrogen-bond acceptors (Lipinski definition) is 2. The lowest BCUT2D eigenvalue weighted by Gasteiger charge is -2.06. The van der Waals surface area contributed by atoms with Crippen LogP contribution < -0.4 is 0 Å². The van der Waals surface area contributed by atoms with Gasteiger partial charge in [0.15, 0.2) is 0 Å². The van der Waals surface area contributed by atoms with E-state index < -0.39 is 0 Å². The van der Waals surface area contributed by atoms with Crippen LogP contribution >= 0.6 is 0 Å². The summed E-state index contributed by atoms with van der Waals surface area (Å²) in [4.78, 5) is 0. The van der Waals surface area contributed by atoms with Crippen LogP contribution in [0.25, 0.3) is 0 Å². The van der Waals surface area contributed by atoms with Gasteiger partial charge in [-0.15, -0.1) is 0 Å². The molecule has 1 aromatic carbocycles. The summed E-state index contributed by atoms with van der Waals surface area (Å²) in [6.07, 6.45) is 1.10. The number of benzene rings is 1. The van der Waals surface area contributed by atoms with E-state index in [-0.39, 0.29) is 0 Å². The fourth-order valence-electron chi connectivity index (χ4n) is 1.54. The van der Waals surface area contributed by atoms with Gasteiger partial charge in [-0.3, -0.25) is 0 Å². The number of phenols is 1. The average Bonchev–Trinajstić information content (AvgIpc) is 2.58. The van der Waals surface area contributed by atoms with Gasteiger partial charge in [-0.2, -0.15) is 0 Å². The maximum Gasteiger partial charge on any atom is 0.115 e. The normalized spacial score (nSPS) is 22.8. The molecule has 0 saturated carbocycles. The van der Waals surface area contributed by atoms with Crippen molar-refractivity contribution in [3.8, 4) is 5.75 Å². The van der Waals surface area contributed by atoms with Crippen molar-refractivity contribution in [2.24, 2.45) is 0 Å². The van der Waals surface area contributed by atoms with Crippen molar-refractivity contribution in [2.45, 2.75) is 12.3 Å². The second kappa shape index (κ2) is 3.15. The molecule has 1 aliphatic heterocycles. The van der Waals surface area contributed by atoms with Crippen LogP contribution in [0.4, 0.5) is 0 Å². The lowest BCUT2D eigenvalue weighted by Crippen LogP contribution is -1.96. The summed E-state index contributed by atoms with van der Waals surface area (Å²) in [6.45, 7) is 1.69. The Kier molecular flexibility index (Phi) is 2.00. The molecule has 0 unspecified atom stereocenters. The molecule has 1 atom stereocenters. The van der Waals surface area contributed by atoms with Gasteiger partial charge in [-0.25, -0.2) is 0 Å². The molecule has 1 heterocycles. The molecule has 0 aliphatic carbocycles. The van der Waals surface area contributed by atoms with Crippen molar-refractivity contribution in [3.05, 3.63) is 29.8 Å². The molecule has 1 aliphatic rings. The van der Waals surface area contributed by atoms with Crippen molar-refractivity contribution < 1.29 is 9.84 Å². The Morgan fingerprint density at radius 3 is 2.58 bits per heavy atom. The number of hydrogen-bond donors (Lipinski definition) is 1. The molecule has 0 bridgehead atoms. The molecule has 2 rings (SSSR count). The summed E-state index contributed by atoms with van der Waals surface area (Å²) in [6, 6.07) is 7.39. The Bertz CT molecular complexity index is 247. The van der Waals surface area contributed by atoms with Crippen molar-refractivity contribution in [2.75, 3.05) is 13.2 Å². The molecule has 0 spiro atoms. The fraction of sp³-hybridized carbons (Fsp3) is 0.400. The summed E-state index contributed by atoms with van der Waals surface area (Å²) >= 11 is 0. The van der Waals surface area contributed by atoms with E-state index in [2.05, 4.69) is 0 Å². The van der Waals surface area contributed by atoms with Crippen LogP contribution in [0.3, 0.4) is 0 Å². The first kappa shape index (κ1) is 7.62. The zero-order chi connectivity index (χ0) is 8.39. The number of ether oxygens (including phenoxy) is 1. The Hall–Kier alpha value is -1.02. The lowest BCUT2D eigenvalue weighted by molar-refractivity contribution is 0.194. The largest absolute Gasteiger partial charge is 0.508 e. The van der Waals surface area contributed by atoms with Gasteiger partial charge in [0.1, 0.15) is 5.75 Å². The molecule has 1 aromatic rings. The van der Waals surface area contributed by atoms with E-state index in [1.54, 1.807) is 12.1 Å². The third kappa shape index (κ3) is 1.43. The Balaban J connectivity index is 2.17. The van der Waals surface area contributed by atoms with Gasteiger partial charge >= 0.3 is 0 Å². The third-order valence-corrected chi connectivity index (χ3v) is 2.29. The molecule has 0 amide bonds. The van der Waals surface area contributed by atoms with E-state index in [0.717, 1.165) is 19.6 Å². The van der Waals surface area contributed by atoms with Crippen molar-refractivity contribution >= 4 is 0 Å². The molecule has 64 valence electrons. The molecule has 1 saturated heterocycles. The van der Waals surface area contributed by atoms with Gasteiger partial charge in [-0.1, -0.05) is 12.1 Å². The second-order valence-electron chi connectivity index (χ2n) is 3.15. The van der Waals surface area contributed by atoms with Crippen LogP contribution in [0.5, 0.6) is 5.75 Å². The van der Waals surface area contributed by atoms with E-state index in [4.69, 9.17) is 9.84 Å². The second-order valence-corrected chi connectivity index (χ2v) is 3.15. The zero-order valence-corrected chi connectivity index (χ0v) is 6.86. The van der Waals surface area contributed by atoms with Gasteiger partial charge < -0.3 is 9.84 Å². The number of aromatic hydroxyl groups is 1. The minimum absolute atomic E-state index is 0.331. The van der Waals surface area contributed by atoms with Gasteiger partial charge in [0.05, 0.1) is 6.61 Å². The topological polar surface area (TPSA) is 29.5 Å². The Labute approximate surface area is 71.8 Å². The highest BCUT2D eigenvalue weighted by Crippen LogP contribution is 2.25. The fourth-order valence-corrected chi connectivity index (χ4v) is 1.54. The molecular formula is C10H12O2. The minimum atomic E-state index is 0.331. The maximum absolute atomic E-state index is 9.07. The van der Waals surface area contributed by atoms with E-state index >= 15 is 0 Å². The Morgan fingerprint density at radius 2 is 2.00 bits per heavy atom. The molecule has 2 nitrogen and oxygen atoms in total. The molecule has 1 N–H and O–H groups in total. The summed E-state index contributed by atoms with van der Waals surface area (Å²) in [5, 5.41) is 9.07. The van der Waals surface area contributed by atoms with Gasteiger partial charge in [0, 0.05) is 12.5 Å². The van der Waals surface area contributed by atoms with Crippen LogP contribution in [-0.4, -0.2) is 18.3 Å². The quantitative estimate of drug-likeness (QED) is 0.686. The standard InChI is InChI=1S/C10H12O2/c11-10-3-1-8(2-4-10)9-5-6-12-7-9/h1-4,9,11H,5-7H2/t9-/m0/s1. The lowest BCUT2D eigenvalue weighted by atomic mass is 9.99. The first-order valence-electron chi connectivity index (χ1n) is 4.23. The smallest absolute Gasteiger partial charge is 0.115 e. The Morgan fingerprint density at radius 1 is 1.25 bits per heavy atom. The van der Waals surface area contributed by atoms with E-state index in [1.165, 1.54) is 5.56 Å². The minimum Gasteiger partial charge on any atom is -0.508 e. The van der Waals surface area contributed by atoms with Crippen molar-refractivity contribution in [1.29, 1.82) is 0 Å². The number of phenolic OH excluding ortho intramolecular Hbond substituents is 1. The third-order valence-electron chi connectivity index (χ3n) is 2.29. The van der Waals surface area contributed by atoms with Crippen LogP contribution in [0, 0.1) is 0 Å². The van der Waals surface area contributed by atoms with Crippen molar-refractivity contribution in [1.82, 2.24) is 0 Å². The summed E-state index contributed by atoms with van der Waals surface area (Å²) in [7, 11) is 0. The van der Waals surface area contributed by atoms with Crippen LogP contribution in [0.2, 0.25) is 0 Å². The summed E-state index contributed by atoms with van der Waals surface area (Å²) in [5.74, 6) is 0.864. The average molecular weight is 164 g/mol. The predicted molar refractivity (Wildman–Crippen MR) is 46.3 cm³/mol. The highest BCUT2D eigenvalue weighted by Gasteiger charge is 2.16. The van der Waals surface area contributed by atoms with Crippen molar-refractivity contribution in [3.63, 3.8) is 0 Å². The summed E-state index contributed by atoms with van der Waals surface area (Å²) in [5.41, 5.74) is 1.27. The van der Waals surface area contributed by atoms with Crippen LogP contribution in [-0.2, 0) is 4.74 Å². The first-order valence-corrected chi connectivity index (χ1v) is 4.23. The molecule has 1 fully saturated rings. The first-order chi connectivity index (χ1) is 5.86. The SMILES string of the molecule is Oc1ccc([C@H]2CCOC2)cc1.